The van der Waals surface area contributed by atoms with Gasteiger partial charge in [-0.2, -0.15) is 0 Å². The van der Waals surface area contributed by atoms with Gasteiger partial charge in [-0.3, -0.25) is 0 Å². The Morgan fingerprint density at radius 1 is 1.47 bits per heavy atom. The molecule has 0 saturated carbocycles. The SMILES string of the molecule is CCCNc1ncc(COc2ccc(Cl)cc2Br)s1. The monoisotopic (exact) mass is 360 g/mol. The van der Waals surface area contributed by atoms with Gasteiger partial charge < -0.3 is 10.1 Å². The lowest BCUT2D eigenvalue weighted by Crippen LogP contribution is -1.97. The van der Waals surface area contributed by atoms with Crippen LogP contribution in [0.2, 0.25) is 5.02 Å². The van der Waals surface area contributed by atoms with Crippen LogP contribution in [-0.2, 0) is 6.61 Å². The van der Waals surface area contributed by atoms with Crippen molar-refractivity contribution in [2.75, 3.05) is 11.9 Å². The lowest BCUT2D eigenvalue weighted by molar-refractivity contribution is 0.307. The zero-order valence-electron chi connectivity index (χ0n) is 10.5. The minimum absolute atomic E-state index is 0.506. The van der Waals surface area contributed by atoms with E-state index in [9.17, 15) is 0 Å². The van der Waals surface area contributed by atoms with Crippen molar-refractivity contribution in [1.29, 1.82) is 0 Å². The topological polar surface area (TPSA) is 34.2 Å². The molecule has 0 bridgehead atoms. The Morgan fingerprint density at radius 3 is 3.05 bits per heavy atom. The second-order valence-corrected chi connectivity index (χ2v) is 6.33. The van der Waals surface area contributed by atoms with Gasteiger partial charge in [0, 0.05) is 17.8 Å². The lowest BCUT2D eigenvalue weighted by atomic mass is 10.3. The van der Waals surface area contributed by atoms with Crippen LogP contribution in [0.15, 0.2) is 28.9 Å². The molecule has 0 atom stereocenters. The second kappa shape index (κ2) is 7.12. The fourth-order valence-corrected chi connectivity index (χ4v) is 2.98. The van der Waals surface area contributed by atoms with Crippen LogP contribution in [0.25, 0.3) is 0 Å². The Labute approximate surface area is 130 Å². The van der Waals surface area contributed by atoms with E-state index in [4.69, 9.17) is 16.3 Å². The molecule has 0 spiro atoms. The quantitative estimate of drug-likeness (QED) is 0.789. The largest absolute Gasteiger partial charge is 0.487 e. The Hall–Kier alpha value is -0.780. The number of ether oxygens (including phenoxy) is 1. The Balaban J connectivity index is 1.92. The molecule has 0 fully saturated rings. The minimum atomic E-state index is 0.506. The Morgan fingerprint density at radius 2 is 2.32 bits per heavy atom. The molecule has 3 nitrogen and oxygen atoms in total. The molecule has 0 aliphatic carbocycles. The zero-order chi connectivity index (χ0) is 13.7. The molecular formula is C13H14BrClN2OS. The van der Waals surface area contributed by atoms with Gasteiger partial charge in [0.15, 0.2) is 5.13 Å². The van der Waals surface area contributed by atoms with Crippen LogP contribution in [0.5, 0.6) is 5.75 Å². The van der Waals surface area contributed by atoms with Crippen molar-refractivity contribution in [1.82, 2.24) is 4.98 Å². The molecule has 6 heteroatoms. The molecule has 0 radical (unpaired) electrons. The summed E-state index contributed by atoms with van der Waals surface area (Å²) in [5.74, 6) is 0.779. The molecule has 2 aromatic rings. The van der Waals surface area contributed by atoms with E-state index in [0.717, 1.165) is 33.2 Å². The van der Waals surface area contributed by atoms with Crippen molar-refractivity contribution in [3.8, 4) is 5.75 Å². The van der Waals surface area contributed by atoms with Crippen LogP contribution in [0, 0.1) is 0 Å². The highest BCUT2D eigenvalue weighted by Crippen LogP contribution is 2.29. The normalized spacial score (nSPS) is 10.5. The van der Waals surface area contributed by atoms with E-state index in [0.29, 0.717) is 11.6 Å². The lowest BCUT2D eigenvalue weighted by Gasteiger charge is -2.06. The minimum Gasteiger partial charge on any atom is -0.487 e. The standard InChI is InChI=1S/C13H14BrClN2OS/c1-2-5-16-13-17-7-10(19-13)8-18-12-4-3-9(15)6-11(12)14/h3-4,6-7H,2,5,8H2,1H3,(H,16,17). The molecule has 0 aliphatic heterocycles. The molecule has 0 aliphatic rings. The first-order valence-electron chi connectivity index (χ1n) is 5.95. The van der Waals surface area contributed by atoms with Crippen LogP contribution >= 0.6 is 38.9 Å². The molecule has 2 rings (SSSR count). The third kappa shape index (κ3) is 4.37. The van der Waals surface area contributed by atoms with Crippen LogP contribution in [0.4, 0.5) is 5.13 Å². The number of thiazole rings is 1. The molecule has 19 heavy (non-hydrogen) atoms. The van der Waals surface area contributed by atoms with Crippen LogP contribution in [0.1, 0.15) is 18.2 Å². The number of hydrogen-bond acceptors (Lipinski definition) is 4. The average Bonchev–Trinajstić information content (AvgIpc) is 2.83. The molecule has 102 valence electrons. The van der Waals surface area contributed by atoms with Crippen LogP contribution < -0.4 is 10.1 Å². The van der Waals surface area contributed by atoms with Gasteiger partial charge in [0.1, 0.15) is 12.4 Å². The summed E-state index contributed by atoms with van der Waals surface area (Å²) in [5, 5.41) is 4.88. The first-order valence-corrected chi connectivity index (χ1v) is 7.94. The summed E-state index contributed by atoms with van der Waals surface area (Å²) in [7, 11) is 0. The maximum atomic E-state index is 5.88. The summed E-state index contributed by atoms with van der Waals surface area (Å²) in [6.45, 7) is 3.57. The highest BCUT2D eigenvalue weighted by atomic mass is 79.9. The summed E-state index contributed by atoms with van der Waals surface area (Å²) in [6, 6.07) is 5.48. The average molecular weight is 362 g/mol. The maximum Gasteiger partial charge on any atom is 0.182 e. The van der Waals surface area contributed by atoms with Gasteiger partial charge in [-0.25, -0.2) is 4.98 Å². The van der Waals surface area contributed by atoms with Crippen molar-refractivity contribution in [2.24, 2.45) is 0 Å². The number of aromatic nitrogens is 1. The maximum absolute atomic E-state index is 5.88. The van der Waals surface area contributed by atoms with Crippen molar-refractivity contribution < 1.29 is 4.74 Å². The van der Waals surface area contributed by atoms with Gasteiger partial charge in [0.05, 0.1) is 9.35 Å². The van der Waals surface area contributed by atoms with E-state index in [1.165, 1.54) is 0 Å². The van der Waals surface area contributed by atoms with Crippen LogP contribution in [0.3, 0.4) is 0 Å². The molecule has 1 heterocycles. The van der Waals surface area contributed by atoms with Gasteiger partial charge in [0.2, 0.25) is 0 Å². The summed E-state index contributed by atoms with van der Waals surface area (Å²) in [6.07, 6.45) is 2.93. The summed E-state index contributed by atoms with van der Waals surface area (Å²) < 4.78 is 6.59. The Kier molecular flexibility index (Phi) is 5.48. The van der Waals surface area contributed by atoms with Gasteiger partial charge in [-0.15, -0.1) is 0 Å². The van der Waals surface area contributed by atoms with E-state index < -0.39 is 0 Å². The molecule has 0 amide bonds. The summed E-state index contributed by atoms with van der Waals surface area (Å²) >= 11 is 10.9. The van der Waals surface area contributed by atoms with E-state index in [1.807, 2.05) is 24.4 Å². The molecular weight excluding hydrogens is 348 g/mol. The number of rotatable bonds is 6. The van der Waals surface area contributed by atoms with Gasteiger partial charge in [-0.05, 0) is 40.5 Å². The van der Waals surface area contributed by atoms with Crippen molar-refractivity contribution in [2.45, 2.75) is 20.0 Å². The third-order valence-corrected chi connectivity index (χ3v) is 4.13. The number of nitrogens with one attached hydrogen (secondary N) is 1. The van der Waals surface area contributed by atoms with E-state index in [1.54, 1.807) is 11.3 Å². The highest BCUT2D eigenvalue weighted by molar-refractivity contribution is 9.10. The fraction of sp³-hybridized carbons (Fsp3) is 0.308. The van der Waals surface area contributed by atoms with E-state index in [2.05, 4.69) is 33.2 Å². The predicted molar refractivity (Wildman–Crippen MR) is 84.4 cm³/mol. The third-order valence-electron chi connectivity index (χ3n) is 2.34. The van der Waals surface area contributed by atoms with E-state index in [-0.39, 0.29) is 0 Å². The van der Waals surface area contributed by atoms with Gasteiger partial charge in [0.25, 0.3) is 0 Å². The highest BCUT2D eigenvalue weighted by Gasteiger charge is 2.05. The summed E-state index contributed by atoms with van der Waals surface area (Å²) in [5.41, 5.74) is 0. The van der Waals surface area contributed by atoms with E-state index >= 15 is 0 Å². The molecule has 0 unspecified atom stereocenters. The first kappa shape index (κ1) is 14.6. The number of halogens is 2. The van der Waals surface area contributed by atoms with Gasteiger partial charge >= 0.3 is 0 Å². The number of hydrogen-bond donors (Lipinski definition) is 1. The number of benzene rings is 1. The molecule has 1 aromatic carbocycles. The number of anilines is 1. The number of nitrogens with zero attached hydrogens (tertiary/aromatic N) is 1. The smallest absolute Gasteiger partial charge is 0.182 e. The van der Waals surface area contributed by atoms with Crippen molar-refractivity contribution >= 4 is 44.0 Å². The van der Waals surface area contributed by atoms with Crippen molar-refractivity contribution in [3.63, 3.8) is 0 Å². The van der Waals surface area contributed by atoms with Gasteiger partial charge in [-0.1, -0.05) is 29.9 Å². The Bertz CT molecular complexity index is 547. The van der Waals surface area contributed by atoms with Crippen molar-refractivity contribution in [3.05, 3.63) is 38.8 Å². The molecule has 0 saturated heterocycles. The molecule has 1 N–H and O–H groups in total. The second-order valence-electron chi connectivity index (χ2n) is 3.92. The predicted octanol–water partition coefficient (Wildman–Crippen LogP) is 4.96. The molecule has 1 aromatic heterocycles. The first-order chi connectivity index (χ1) is 9.19. The van der Waals surface area contributed by atoms with Crippen LogP contribution in [-0.4, -0.2) is 11.5 Å². The fourth-order valence-electron chi connectivity index (χ4n) is 1.43. The summed E-state index contributed by atoms with van der Waals surface area (Å²) in [4.78, 5) is 5.38. The zero-order valence-corrected chi connectivity index (χ0v) is 13.6.